The molecule has 1 aliphatic rings. The van der Waals surface area contributed by atoms with Crippen LogP contribution in [0.4, 0.5) is 0 Å². The Bertz CT molecular complexity index is 881. The molecule has 2 aromatic carbocycles. The quantitative estimate of drug-likeness (QED) is 0.509. The average molecular weight is 407 g/mol. The molecule has 6 nitrogen and oxygen atoms in total. The Morgan fingerprint density at radius 3 is 2.57 bits per heavy atom. The van der Waals surface area contributed by atoms with Crippen molar-refractivity contribution in [1.29, 1.82) is 5.26 Å². The topological polar surface area (TPSA) is 78.7 Å². The van der Waals surface area contributed by atoms with E-state index in [1.165, 1.54) is 12.8 Å². The fourth-order valence-corrected chi connectivity index (χ4v) is 3.54. The molecule has 158 valence electrons. The van der Waals surface area contributed by atoms with Crippen molar-refractivity contribution >= 4 is 5.96 Å². The van der Waals surface area contributed by atoms with Gasteiger partial charge in [-0.25, -0.2) is 4.99 Å². The molecule has 0 aromatic heterocycles. The van der Waals surface area contributed by atoms with E-state index in [9.17, 15) is 0 Å². The van der Waals surface area contributed by atoms with Gasteiger partial charge in [0.15, 0.2) is 17.5 Å². The lowest BCUT2D eigenvalue weighted by Crippen LogP contribution is -2.37. The summed E-state index contributed by atoms with van der Waals surface area (Å²) in [5, 5.41) is 15.6. The van der Waals surface area contributed by atoms with Crippen molar-refractivity contribution in [3.63, 3.8) is 0 Å². The molecule has 3 rings (SSSR count). The third-order valence-electron chi connectivity index (χ3n) is 5.16. The van der Waals surface area contributed by atoms with Crippen LogP contribution in [0.15, 0.2) is 47.5 Å². The molecular formula is C24H30N4O2. The number of rotatable bonds is 8. The van der Waals surface area contributed by atoms with E-state index < -0.39 is 0 Å². The second kappa shape index (κ2) is 11.1. The standard InChI is InChI=1S/C24H30N4O2/c1-3-26-24(27-16-19-13-11-18(15-25)12-14-19)28-17-20-7-6-10-22(29-2)23(20)30-21-8-4-5-9-21/h6-7,10-14,21H,3-5,8-9,16-17H2,1-2H3,(H2,26,27,28). The molecule has 0 atom stereocenters. The molecular weight excluding hydrogens is 376 g/mol. The first kappa shape index (κ1) is 21.5. The van der Waals surface area contributed by atoms with Crippen LogP contribution in [0.2, 0.25) is 0 Å². The molecule has 30 heavy (non-hydrogen) atoms. The molecule has 2 N–H and O–H groups in total. The Morgan fingerprint density at radius 1 is 1.13 bits per heavy atom. The number of aliphatic imine (C=N–C) groups is 1. The number of nitrogens with one attached hydrogen (secondary N) is 2. The summed E-state index contributed by atoms with van der Waals surface area (Å²) in [6.07, 6.45) is 4.90. The molecule has 1 saturated carbocycles. The number of nitriles is 1. The first-order valence-electron chi connectivity index (χ1n) is 10.6. The van der Waals surface area contributed by atoms with Crippen LogP contribution in [0, 0.1) is 11.3 Å². The maximum Gasteiger partial charge on any atom is 0.191 e. The van der Waals surface area contributed by atoms with E-state index in [1.807, 2.05) is 43.3 Å². The third-order valence-corrected chi connectivity index (χ3v) is 5.16. The minimum atomic E-state index is 0.262. The van der Waals surface area contributed by atoms with Gasteiger partial charge in [-0.3, -0.25) is 0 Å². The third kappa shape index (κ3) is 5.90. The first-order chi connectivity index (χ1) is 14.7. The molecule has 0 heterocycles. The van der Waals surface area contributed by atoms with Gasteiger partial charge >= 0.3 is 0 Å². The number of nitrogens with zero attached hydrogens (tertiary/aromatic N) is 2. The highest BCUT2D eigenvalue weighted by Gasteiger charge is 2.20. The molecule has 1 fully saturated rings. The van der Waals surface area contributed by atoms with Crippen molar-refractivity contribution in [3.8, 4) is 17.6 Å². The summed E-state index contributed by atoms with van der Waals surface area (Å²) in [5.41, 5.74) is 2.75. The number of benzene rings is 2. The fourth-order valence-electron chi connectivity index (χ4n) is 3.54. The van der Waals surface area contributed by atoms with Crippen LogP contribution in [0.3, 0.4) is 0 Å². The number of methoxy groups -OCH3 is 1. The number of hydrogen-bond acceptors (Lipinski definition) is 4. The predicted octanol–water partition coefficient (Wildman–Crippen LogP) is 4.14. The summed E-state index contributed by atoms with van der Waals surface area (Å²) in [6, 6.07) is 15.6. The lowest BCUT2D eigenvalue weighted by molar-refractivity contribution is 0.198. The number of hydrogen-bond donors (Lipinski definition) is 2. The summed E-state index contributed by atoms with van der Waals surface area (Å²) in [5.74, 6) is 2.32. The van der Waals surface area contributed by atoms with E-state index >= 15 is 0 Å². The van der Waals surface area contributed by atoms with E-state index in [-0.39, 0.29) is 6.10 Å². The van der Waals surface area contributed by atoms with E-state index in [2.05, 4.69) is 27.8 Å². The summed E-state index contributed by atoms with van der Waals surface area (Å²) in [7, 11) is 1.68. The molecule has 0 unspecified atom stereocenters. The van der Waals surface area contributed by atoms with Gasteiger partial charge in [0.1, 0.15) is 0 Å². The molecule has 2 aromatic rings. The summed E-state index contributed by atoms with van der Waals surface area (Å²) < 4.78 is 11.9. The molecule has 0 spiro atoms. The van der Waals surface area contributed by atoms with Crippen LogP contribution in [0.25, 0.3) is 0 Å². The van der Waals surface area contributed by atoms with Gasteiger partial charge in [-0.15, -0.1) is 0 Å². The molecule has 0 radical (unpaired) electrons. The minimum Gasteiger partial charge on any atom is -0.493 e. The second-order valence-electron chi connectivity index (χ2n) is 7.33. The highest BCUT2D eigenvalue weighted by molar-refractivity contribution is 5.79. The number of ether oxygens (including phenoxy) is 2. The van der Waals surface area contributed by atoms with Crippen molar-refractivity contribution in [1.82, 2.24) is 10.6 Å². The SMILES string of the molecule is CCNC(=NCc1ccc(C#N)cc1)NCc1cccc(OC)c1OC1CCCC1. The molecule has 0 saturated heterocycles. The monoisotopic (exact) mass is 406 g/mol. The Hall–Kier alpha value is -3.20. The Labute approximate surface area is 178 Å². The van der Waals surface area contributed by atoms with Crippen molar-refractivity contribution in [3.05, 3.63) is 59.2 Å². The lowest BCUT2D eigenvalue weighted by atomic mass is 10.1. The zero-order chi connectivity index (χ0) is 21.2. The first-order valence-corrected chi connectivity index (χ1v) is 10.6. The Morgan fingerprint density at radius 2 is 1.90 bits per heavy atom. The summed E-state index contributed by atoms with van der Waals surface area (Å²) in [4.78, 5) is 4.67. The van der Waals surface area contributed by atoms with Gasteiger partial charge in [-0.2, -0.15) is 5.26 Å². The van der Waals surface area contributed by atoms with Crippen LogP contribution in [-0.4, -0.2) is 25.7 Å². The zero-order valence-electron chi connectivity index (χ0n) is 17.8. The van der Waals surface area contributed by atoms with E-state index in [1.54, 1.807) is 7.11 Å². The zero-order valence-corrected chi connectivity index (χ0v) is 17.8. The predicted molar refractivity (Wildman–Crippen MR) is 119 cm³/mol. The number of para-hydroxylation sites is 1. The highest BCUT2D eigenvalue weighted by atomic mass is 16.5. The van der Waals surface area contributed by atoms with Gasteiger partial charge < -0.3 is 20.1 Å². The van der Waals surface area contributed by atoms with E-state index in [0.29, 0.717) is 18.7 Å². The molecule has 0 aliphatic heterocycles. The normalized spacial score (nSPS) is 14.2. The minimum absolute atomic E-state index is 0.262. The Kier molecular flexibility index (Phi) is 7.96. The van der Waals surface area contributed by atoms with Crippen LogP contribution >= 0.6 is 0 Å². The maximum absolute atomic E-state index is 8.93. The molecule has 6 heteroatoms. The van der Waals surface area contributed by atoms with E-state index in [0.717, 1.165) is 48.0 Å². The largest absolute Gasteiger partial charge is 0.493 e. The van der Waals surface area contributed by atoms with Gasteiger partial charge in [0.2, 0.25) is 0 Å². The van der Waals surface area contributed by atoms with Crippen LogP contribution in [0.5, 0.6) is 11.5 Å². The maximum atomic E-state index is 8.93. The smallest absolute Gasteiger partial charge is 0.191 e. The van der Waals surface area contributed by atoms with Gasteiger partial charge in [-0.05, 0) is 56.4 Å². The van der Waals surface area contributed by atoms with Crippen molar-refractivity contribution < 1.29 is 9.47 Å². The lowest BCUT2D eigenvalue weighted by Gasteiger charge is -2.20. The van der Waals surface area contributed by atoms with Gasteiger partial charge in [0.25, 0.3) is 0 Å². The van der Waals surface area contributed by atoms with Gasteiger partial charge in [-0.1, -0.05) is 24.3 Å². The summed E-state index contributed by atoms with van der Waals surface area (Å²) >= 11 is 0. The molecule has 0 bridgehead atoms. The average Bonchev–Trinajstić information content (AvgIpc) is 3.30. The highest BCUT2D eigenvalue weighted by Crippen LogP contribution is 2.34. The van der Waals surface area contributed by atoms with E-state index in [4.69, 9.17) is 14.7 Å². The second-order valence-corrected chi connectivity index (χ2v) is 7.33. The van der Waals surface area contributed by atoms with Crippen molar-refractivity contribution in [2.24, 2.45) is 4.99 Å². The molecule has 1 aliphatic carbocycles. The molecule has 0 amide bonds. The van der Waals surface area contributed by atoms with Crippen LogP contribution < -0.4 is 20.1 Å². The fraction of sp³-hybridized carbons (Fsp3) is 0.417. The Balaban J connectivity index is 1.69. The number of guanidine groups is 1. The van der Waals surface area contributed by atoms with Crippen LogP contribution in [-0.2, 0) is 13.1 Å². The van der Waals surface area contributed by atoms with Crippen molar-refractivity contribution in [2.45, 2.75) is 51.8 Å². The van der Waals surface area contributed by atoms with Gasteiger partial charge in [0.05, 0.1) is 31.4 Å². The van der Waals surface area contributed by atoms with Gasteiger partial charge in [0, 0.05) is 18.7 Å². The summed E-state index contributed by atoms with van der Waals surface area (Å²) in [6.45, 7) is 3.92. The van der Waals surface area contributed by atoms with Crippen molar-refractivity contribution in [2.75, 3.05) is 13.7 Å². The van der Waals surface area contributed by atoms with Crippen LogP contribution in [0.1, 0.15) is 49.3 Å².